The van der Waals surface area contributed by atoms with Gasteiger partial charge in [-0.05, 0) is 19.9 Å². The number of rotatable bonds is 4. The maximum absolute atomic E-state index is 11.6. The molecule has 1 aliphatic rings. The predicted octanol–water partition coefficient (Wildman–Crippen LogP) is 1.61. The number of pyridine rings is 1. The van der Waals surface area contributed by atoms with Gasteiger partial charge in [0.25, 0.3) is 5.69 Å². The fraction of sp³-hybridized carbons (Fsp3) is 0.286. The molecule has 1 aromatic heterocycles. The van der Waals surface area contributed by atoms with Gasteiger partial charge >= 0.3 is 11.9 Å². The first-order valence-electron chi connectivity index (χ1n) is 6.56. The standard InChI is InChI=1S/C14H13N3O6/c1-6-10(13(18)19)12(11(14(20)21)7(2)16-6)9-4-3-8(5-15-9)17(22)23/h3-5,10,12H,1-2H3,(H,18,19)(H,20,21). The SMILES string of the molecule is CC1=NC(C)=C(C(=O)O)C(c2ccc([N+](=O)[O-])cn2)C1C(=O)O. The van der Waals surface area contributed by atoms with Crippen molar-refractivity contribution in [2.24, 2.45) is 10.9 Å². The first-order valence-corrected chi connectivity index (χ1v) is 6.56. The molecule has 23 heavy (non-hydrogen) atoms. The fourth-order valence-corrected chi connectivity index (χ4v) is 2.64. The molecule has 9 nitrogen and oxygen atoms in total. The van der Waals surface area contributed by atoms with E-state index in [2.05, 4.69) is 9.98 Å². The van der Waals surface area contributed by atoms with Crippen molar-refractivity contribution in [1.29, 1.82) is 0 Å². The summed E-state index contributed by atoms with van der Waals surface area (Å²) in [7, 11) is 0. The molecule has 1 aliphatic heterocycles. The van der Waals surface area contributed by atoms with Crippen LogP contribution >= 0.6 is 0 Å². The van der Waals surface area contributed by atoms with Crippen LogP contribution in [-0.4, -0.2) is 37.8 Å². The molecule has 1 aromatic rings. The third-order valence-electron chi connectivity index (χ3n) is 3.62. The topological polar surface area (TPSA) is 143 Å². The molecule has 0 aliphatic carbocycles. The lowest BCUT2D eigenvalue weighted by Gasteiger charge is -2.28. The van der Waals surface area contributed by atoms with E-state index in [9.17, 15) is 29.9 Å². The van der Waals surface area contributed by atoms with Gasteiger partial charge in [0.05, 0.1) is 16.4 Å². The number of nitrogens with zero attached hydrogens (tertiary/aromatic N) is 3. The van der Waals surface area contributed by atoms with Crippen molar-refractivity contribution in [3.8, 4) is 0 Å². The van der Waals surface area contributed by atoms with Crippen molar-refractivity contribution in [2.75, 3.05) is 0 Å². The minimum absolute atomic E-state index is 0.133. The Morgan fingerprint density at radius 2 is 1.91 bits per heavy atom. The number of hydrogen-bond acceptors (Lipinski definition) is 6. The van der Waals surface area contributed by atoms with Crippen molar-refractivity contribution in [3.05, 3.63) is 45.4 Å². The Kier molecular flexibility index (Phi) is 4.21. The van der Waals surface area contributed by atoms with Gasteiger partial charge < -0.3 is 10.2 Å². The van der Waals surface area contributed by atoms with Crippen LogP contribution in [0.4, 0.5) is 5.69 Å². The summed E-state index contributed by atoms with van der Waals surface area (Å²) in [5.41, 5.74) is 0.139. The van der Waals surface area contributed by atoms with E-state index >= 15 is 0 Å². The highest BCUT2D eigenvalue weighted by atomic mass is 16.6. The minimum atomic E-state index is -1.30. The summed E-state index contributed by atoms with van der Waals surface area (Å²) in [6.07, 6.45) is 0.976. The van der Waals surface area contributed by atoms with E-state index in [0.29, 0.717) is 0 Å². The molecule has 0 radical (unpaired) electrons. The van der Waals surface area contributed by atoms with Crippen LogP contribution in [0, 0.1) is 16.0 Å². The Morgan fingerprint density at radius 3 is 2.35 bits per heavy atom. The van der Waals surface area contributed by atoms with E-state index < -0.39 is 28.7 Å². The maximum atomic E-state index is 11.6. The number of allylic oxidation sites excluding steroid dienone is 1. The third-order valence-corrected chi connectivity index (χ3v) is 3.62. The smallest absolute Gasteiger partial charge is 0.334 e. The summed E-state index contributed by atoms with van der Waals surface area (Å²) in [5.74, 6) is -4.79. The average molecular weight is 319 g/mol. The molecule has 0 aromatic carbocycles. The molecule has 2 atom stereocenters. The maximum Gasteiger partial charge on any atom is 0.334 e. The van der Waals surface area contributed by atoms with Gasteiger partial charge in [-0.2, -0.15) is 0 Å². The largest absolute Gasteiger partial charge is 0.481 e. The summed E-state index contributed by atoms with van der Waals surface area (Å²) >= 11 is 0. The van der Waals surface area contributed by atoms with E-state index in [1.807, 2.05) is 0 Å². The Hall–Kier alpha value is -3.10. The first kappa shape index (κ1) is 16.3. The molecular formula is C14H13N3O6. The van der Waals surface area contributed by atoms with Crippen LogP contribution in [0.1, 0.15) is 25.5 Å². The highest BCUT2D eigenvalue weighted by Gasteiger charge is 2.41. The Morgan fingerprint density at radius 1 is 1.26 bits per heavy atom. The summed E-state index contributed by atoms with van der Waals surface area (Å²) < 4.78 is 0. The number of carboxylic acid groups (broad SMARTS) is 2. The molecule has 2 heterocycles. The van der Waals surface area contributed by atoms with Gasteiger partial charge in [0, 0.05) is 23.2 Å². The molecule has 9 heteroatoms. The Bertz CT molecular complexity index is 750. The second-order valence-corrected chi connectivity index (χ2v) is 5.05. The lowest BCUT2D eigenvalue weighted by Crippen LogP contribution is -2.35. The van der Waals surface area contributed by atoms with E-state index in [1.54, 1.807) is 0 Å². The van der Waals surface area contributed by atoms with Gasteiger partial charge in [-0.3, -0.25) is 24.9 Å². The van der Waals surface area contributed by atoms with Crippen molar-refractivity contribution in [3.63, 3.8) is 0 Å². The lowest BCUT2D eigenvalue weighted by atomic mass is 9.77. The van der Waals surface area contributed by atoms with Crippen molar-refractivity contribution < 1.29 is 24.7 Å². The van der Waals surface area contributed by atoms with Crippen LogP contribution < -0.4 is 0 Å². The molecule has 0 bridgehead atoms. The lowest BCUT2D eigenvalue weighted by molar-refractivity contribution is -0.385. The molecule has 0 amide bonds. The van der Waals surface area contributed by atoms with E-state index in [0.717, 1.165) is 12.3 Å². The number of carbonyl (C=O) groups is 2. The second kappa shape index (κ2) is 5.95. The van der Waals surface area contributed by atoms with E-state index in [4.69, 9.17) is 0 Å². The number of hydrogen-bond donors (Lipinski definition) is 2. The second-order valence-electron chi connectivity index (χ2n) is 5.05. The molecule has 0 saturated carbocycles. The van der Waals surface area contributed by atoms with Crippen LogP contribution in [0.15, 0.2) is 34.6 Å². The highest BCUT2D eigenvalue weighted by molar-refractivity contribution is 6.06. The van der Waals surface area contributed by atoms with Gasteiger partial charge in [0.2, 0.25) is 0 Å². The Labute approximate surface area is 130 Å². The number of aromatic nitrogens is 1. The zero-order chi connectivity index (χ0) is 17.3. The van der Waals surface area contributed by atoms with Crippen LogP contribution in [0.25, 0.3) is 0 Å². The van der Waals surface area contributed by atoms with Gasteiger partial charge in [0.15, 0.2) is 0 Å². The van der Waals surface area contributed by atoms with Crippen LogP contribution in [0.5, 0.6) is 0 Å². The quantitative estimate of drug-likeness (QED) is 0.633. The zero-order valence-corrected chi connectivity index (χ0v) is 12.3. The minimum Gasteiger partial charge on any atom is -0.481 e. The van der Waals surface area contributed by atoms with Gasteiger partial charge in [0.1, 0.15) is 12.1 Å². The summed E-state index contributed by atoms with van der Waals surface area (Å²) in [4.78, 5) is 41.1. The fourth-order valence-electron chi connectivity index (χ4n) is 2.64. The number of carboxylic acids is 2. The normalized spacial score (nSPS) is 20.9. The summed E-state index contributed by atoms with van der Waals surface area (Å²) in [6, 6.07) is 2.44. The van der Waals surface area contributed by atoms with Gasteiger partial charge in [-0.25, -0.2) is 4.79 Å². The van der Waals surface area contributed by atoms with Gasteiger partial charge in [-0.15, -0.1) is 0 Å². The molecular weight excluding hydrogens is 306 g/mol. The number of nitro groups is 1. The first-order chi connectivity index (χ1) is 10.7. The van der Waals surface area contributed by atoms with Crippen LogP contribution in [0.2, 0.25) is 0 Å². The molecule has 2 rings (SSSR count). The molecule has 0 spiro atoms. The Balaban J connectivity index is 2.61. The molecule has 2 N–H and O–H groups in total. The average Bonchev–Trinajstić information content (AvgIpc) is 2.45. The van der Waals surface area contributed by atoms with Crippen molar-refractivity contribution in [1.82, 2.24) is 4.98 Å². The van der Waals surface area contributed by atoms with Gasteiger partial charge in [-0.1, -0.05) is 0 Å². The van der Waals surface area contributed by atoms with Crippen LogP contribution in [-0.2, 0) is 9.59 Å². The predicted molar refractivity (Wildman–Crippen MR) is 78.2 cm³/mol. The monoisotopic (exact) mass is 319 g/mol. The van der Waals surface area contributed by atoms with E-state index in [-0.39, 0.29) is 28.4 Å². The summed E-state index contributed by atoms with van der Waals surface area (Å²) in [5, 5.41) is 29.5. The van der Waals surface area contributed by atoms with Crippen molar-refractivity contribution >= 4 is 23.3 Å². The zero-order valence-electron chi connectivity index (χ0n) is 12.3. The summed E-state index contributed by atoms with van der Waals surface area (Å²) in [6.45, 7) is 2.97. The van der Waals surface area contributed by atoms with Crippen molar-refractivity contribution in [2.45, 2.75) is 19.8 Å². The molecule has 0 saturated heterocycles. The number of aliphatic imine (C=N–C) groups is 1. The third kappa shape index (κ3) is 2.93. The van der Waals surface area contributed by atoms with E-state index in [1.165, 1.54) is 19.9 Å². The highest BCUT2D eigenvalue weighted by Crippen LogP contribution is 2.38. The molecule has 2 unspecified atom stereocenters. The molecule has 0 fully saturated rings. The molecule has 120 valence electrons. The van der Waals surface area contributed by atoms with Crippen LogP contribution in [0.3, 0.4) is 0 Å². The number of aliphatic carboxylic acids is 2.